The van der Waals surface area contributed by atoms with Gasteiger partial charge in [0.2, 0.25) is 0 Å². The summed E-state index contributed by atoms with van der Waals surface area (Å²) in [5.74, 6) is -1.59. The summed E-state index contributed by atoms with van der Waals surface area (Å²) >= 11 is 0. The number of nitrogens with zero attached hydrogens (tertiary/aromatic N) is 1. The average molecular weight is 272 g/mol. The van der Waals surface area contributed by atoms with Gasteiger partial charge in [-0.05, 0) is 13.1 Å². The molecule has 1 aromatic rings. The molecule has 0 aliphatic rings. The maximum Gasteiger partial charge on any atom is 0.326 e. The van der Waals surface area contributed by atoms with Gasteiger partial charge in [-0.25, -0.2) is 4.39 Å². The Morgan fingerprint density at radius 1 is 1.58 bits per heavy atom. The van der Waals surface area contributed by atoms with Crippen LogP contribution in [0.4, 0.5) is 10.1 Å². The summed E-state index contributed by atoms with van der Waals surface area (Å²) < 4.78 is 23.1. The van der Waals surface area contributed by atoms with Crippen molar-refractivity contribution < 1.29 is 23.6 Å². The number of nitro groups is 1. The standard InChI is InChI=1S/C11H13FN2O5/c1-13-9(11(15)18-2)6-19-10-4-3-7(14(16)17)5-8(10)12/h3-5,9,13H,6H2,1-2H3. The molecule has 0 aliphatic carbocycles. The van der Waals surface area contributed by atoms with Crippen LogP contribution in [0.3, 0.4) is 0 Å². The van der Waals surface area contributed by atoms with E-state index in [4.69, 9.17) is 4.74 Å². The number of ether oxygens (including phenoxy) is 2. The highest BCUT2D eigenvalue weighted by Gasteiger charge is 2.19. The molecule has 0 spiro atoms. The number of esters is 1. The molecule has 7 nitrogen and oxygen atoms in total. The highest BCUT2D eigenvalue weighted by atomic mass is 19.1. The van der Waals surface area contributed by atoms with Gasteiger partial charge >= 0.3 is 5.97 Å². The van der Waals surface area contributed by atoms with Crippen LogP contribution in [-0.4, -0.2) is 37.7 Å². The van der Waals surface area contributed by atoms with E-state index in [1.165, 1.54) is 14.2 Å². The van der Waals surface area contributed by atoms with Crippen LogP contribution >= 0.6 is 0 Å². The lowest BCUT2D eigenvalue weighted by Gasteiger charge is -2.14. The van der Waals surface area contributed by atoms with Gasteiger partial charge in [-0.3, -0.25) is 14.9 Å². The highest BCUT2D eigenvalue weighted by Crippen LogP contribution is 2.22. The molecule has 1 rings (SSSR count). The number of hydrogen-bond donors (Lipinski definition) is 1. The van der Waals surface area contributed by atoms with Crippen molar-refractivity contribution in [1.82, 2.24) is 5.32 Å². The number of nitrogens with one attached hydrogen (secondary N) is 1. The first kappa shape index (κ1) is 14.8. The number of methoxy groups -OCH3 is 1. The molecule has 104 valence electrons. The molecule has 0 radical (unpaired) electrons. The first-order valence-electron chi connectivity index (χ1n) is 5.31. The van der Waals surface area contributed by atoms with Gasteiger partial charge in [-0.15, -0.1) is 0 Å². The molecule has 0 amide bonds. The number of rotatable bonds is 6. The SMILES string of the molecule is CNC(COc1ccc([N+](=O)[O-])cc1F)C(=O)OC. The fourth-order valence-electron chi connectivity index (χ4n) is 1.30. The number of carbonyl (C=O) groups is 1. The first-order chi connectivity index (χ1) is 8.99. The summed E-state index contributed by atoms with van der Waals surface area (Å²) in [6.45, 7) is -0.155. The lowest BCUT2D eigenvalue weighted by Crippen LogP contribution is -2.40. The number of halogens is 1. The highest BCUT2D eigenvalue weighted by molar-refractivity contribution is 5.75. The Morgan fingerprint density at radius 3 is 2.74 bits per heavy atom. The third-order valence-electron chi connectivity index (χ3n) is 2.37. The normalized spacial score (nSPS) is 11.7. The Balaban J connectivity index is 2.72. The Hall–Kier alpha value is -2.22. The molecule has 0 fully saturated rings. The van der Waals surface area contributed by atoms with Gasteiger partial charge in [0, 0.05) is 6.07 Å². The van der Waals surface area contributed by atoms with Crippen LogP contribution < -0.4 is 10.1 Å². The number of carbonyl (C=O) groups excluding carboxylic acids is 1. The fraction of sp³-hybridized carbons (Fsp3) is 0.364. The second-order valence-electron chi connectivity index (χ2n) is 3.55. The monoisotopic (exact) mass is 272 g/mol. The van der Waals surface area contributed by atoms with Crippen molar-refractivity contribution in [3.8, 4) is 5.75 Å². The zero-order valence-corrected chi connectivity index (χ0v) is 10.4. The van der Waals surface area contributed by atoms with Crippen molar-refractivity contribution >= 4 is 11.7 Å². The Bertz CT molecular complexity index is 480. The molecular weight excluding hydrogens is 259 g/mol. The van der Waals surface area contributed by atoms with Crippen LogP contribution in [0.15, 0.2) is 18.2 Å². The van der Waals surface area contributed by atoms with Crippen molar-refractivity contribution in [2.75, 3.05) is 20.8 Å². The minimum Gasteiger partial charge on any atom is -0.488 e. The lowest BCUT2D eigenvalue weighted by atomic mass is 10.3. The molecule has 0 aliphatic heterocycles. The number of non-ortho nitro benzene ring substituents is 1. The number of nitro benzene ring substituents is 1. The predicted octanol–water partition coefficient (Wildman–Crippen LogP) is 0.874. The van der Waals surface area contributed by atoms with Gasteiger partial charge in [0.1, 0.15) is 12.6 Å². The van der Waals surface area contributed by atoms with E-state index < -0.39 is 22.8 Å². The third-order valence-corrected chi connectivity index (χ3v) is 2.37. The third kappa shape index (κ3) is 3.88. The molecule has 0 bridgehead atoms. The van der Waals surface area contributed by atoms with Crippen molar-refractivity contribution in [1.29, 1.82) is 0 Å². The summed E-state index contributed by atoms with van der Waals surface area (Å²) in [4.78, 5) is 21.0. The van der Waals surface area contributed by atoms with Crippen LogP contribution in [0.5, 0.6) is 5.75 Å². The van der Waals surface area contributed by atoms with E-state index in [1.54, 1.807) is 0 Å². The Morgan fingerprint density at radius 2 is 2.26 bits per heavy atom. The van der Waals surface area contributed by atoms with Crippen LogP contribution in [-0.2, 0) is 9.53 Å². The van der Waals surface area contributed by atoms with Crippen LogP contribution in [0.25, 0.3) is 0 Å². The first-order valence-corrected chi connectivity index (χ1v) is 5.31. The summed E-state index contributed by atoms with van der Waals surface area (Å²) in [7, 11) is 2.75. The molecule has 0 saturated heterocycles. The van der Waals surface area contributed by atoms with E-state index in [9.17, 15) is 19.3 Å². The van der Waals surface area contributed by atoms with Crippen LogP contribution in [0.2, 0.25) is 0 Å². The fourth-order valence-corrected chi connectivity index (χ4v) is 1.30. The van der Waals surface area contributed by atoms with Crippen molar-refractivity contribution in [3.05, 3.63) is 34.1 Å². The molecule has 0 aromatic heterocycles. The average Bonchev–Trinajstić information content (AvgIpc) is 2.40. The smallest absolute Gasteiger partial charge is 0.326 e. The van der Waals surface area contributed by atoms with E-state index >= 15 is 0 Å². The molecule has 1 atom stereocenters. The molecule has 19 heavy (non-hydrogen) atoms. The van der Waals surface area contributed by atoms with E-state index in [1.807, 2.05) is 0 Å². The second kappa shape index (κ2) is 6.64. The quantitative estimate of drug-likeness (QED) is 0.469. The molecule has 8 heteroatoms. The topological polar surface area (TPSA) is 90.7 Å². The van der Waals surface area contributed by atoms with Crippen LogP contribution in [0, 0.1) is 15.9 Å². The maximum atomic E-state index is 13.5. The van der Waals surface area contributed by atoms with E-state index in [0.717, 1.165) is 18.2 Å². The molecule has 1 N–H and O–H groups in total. The van der Waals surface area contributed by atoms with Gasteiger partial charge in [0.25, 0.3) is 5.69 Å². The van der Waals surface area contributed by atoms with Gasteiger partial charge in [-0.1, -0.05) is 0 Å². The van der Waals surface area contributed by atoms with Crippen molar-refractivity contribution in [2.24, 2.45) is 0 Å². The van der Waals surface area contributed by atoms with Gasteiger partial charge in [0.05, 0.1) is 18.1 Å². The summed E-state index contributed by atoms with van der Waals surface area (Å²) in [6, 6.07) is 2.25. The van der Waals surface area contributed by atoms with Gasteiger partial charge < -0.3 is 14.8 Å². The second-order valence-corrected chi connectivity index (χ2v) is 3.55. The molecule has 0 saturated carbocycles. The number of benzene rings is 1. The molecule has 1 aromatic carbocycles. The Labute approximate surface area is 108 Å². The largest absolute Gasteiger partial charge is 0.488 e. The zero-order chi connectivity index (χ0) is 14.4. The lowest BCUT2D eigenvalue weighted by molar-refractivity contribution is -0.385. The summed E-state index contributed by atoms with van der Waals surface area (Å²) in [6.07, 6.45) is 0. The van der Waals surface area contributed by atoms with Crippen molar-refractivity contribution in [2.45, 2.75) is 6.04 Å². The minimum atomic E-state index is -0.867. The van der Waals surface area contributed by atoms with E-state index in [-0.39, 0.29) is 18.0 Å². The van der Waals surface area contributed by atoms with Gasteiger partial charge in [-0.2, -0.15) is 0 Å². The maximum absolute atomic E-state index is 13.5. The zero-order valence-electron chi connectivity index (χ0n) is 10.4. The van der Waals surface area contributed by atoms with Gasteiger partial charge in [0.15, 0.2) is 11.6 Å². The summed E-state index contributed by atoms with van der Waals surface area (Å²) in [5.41, 5.74) is -0.372. The molecule has 0 heterocycles. The number of hydrogen-bond acceptors (Lipinski definition) is 6. The Kier molecular flexibility index (Phi) is 5.19. The number of likely N-dealkylation sites (N-methyl/N-ethyl adjacent to an activating group) is 1. The predicted molar refractivity (Wildman–Crippen MR) is 63.4 cm³/mol. The molecule has 1 unspecified atom stereocenters. The minimum absolute atomic E-state index is 0.155. The van der Waals surface area contributed by atoms with Crippen LogP contribution in [0.1, 0.15) is 0 Å². The van der Waals surface area contributed by atoms with E-state index in [0.29, 0.717) is 0 Å². The van der Waals surface area contributed by atoms with E-state index in [2.05, 4.69) is 10.1 Å². The molecular formula is C11H13FN2O5. The summed E-state index contributed by atoms with van der Waals surface area (Å²) in [5, 5.41) is 13.1. The van der Waals surface area contributed by atoms with Crippen molar-refractivity contribution in [3.63, 3.8) is 0 Å².